The number of hydrogen-bond acceptors (Lipinski definition) is 2. The van der Waals surface area contributed by atoms with Crippen molar-refractivity contribution >= 4 is 51.8 Å². The number of benzene rings is 2. The molecule has 2 aromatic rings. The molecule has 0 unspecified atom stereocenters. The molecule has 0 spiro atoms. The highest BCUT2D eigenvalue weighted by atomic mass is 35.5. The summed E-state index contributed by atoms with van der Waals surface area (Å²) >= 11 is 16.5. The molecule has 0 aliphatic heterocycles. The molecular formula is C13H9Cl2FN2S. The predicted octanol–water partition coefficient (Wildman–Crippen LogP) is 4.51. The maximum Gasteiger partial charge on any atom is 0.143 e. The van der Waals surface area contributed by atoms with Gasteiger partial charge in [0, 0.05) is 16.3 Å². The molecule has 2 nitrogen and oxygen atoms in total. The highest BCUT2D eigenvalue weighted by molar-refractivity contribution is 7.80. The summed E-state index contributed by atoms with van der Waals surface area (Å²) in [4.78, 5) is 0.230. The van der Waals surface area contributed by atoms with Crippen LogP contribution in [0.3, 0.4) is 0 Å². The van der Waals surface area contributed by atoms with Crippen molar-refractivity contribution in [1.29, 1.82) is 0 Å². The molecule has 3 N–H and O–H groups in total. The molecule has 0 saturated carbocycles. The zero-order chi connectivity index (χ0) is 14.0. The molecule has 2 rings (SSSR count). The maximum atomic E-state index is 13.4. The smallest absolute Gasteiger partial charge is 0.143 e. The second kappa shape index (κ2) is 5.74. The van der Waals surface area contributed by atoms with Crippen molar-refractivity contribution in [2.45, 2.75) is 0 Å². The molecule has 2 aromatic carbocycles. The van der Waals surface area contributed by atoms with Gasteiger partial charge in [0.15, 0.2) is 0 Å². The third kappa shape index (κ3) is 3.35. The zero-order valence-corrected chi connectivity index (χ0v) is 11.9. The fraction of sp³-hybridized carbons (Fsp3) is 0. The fourth-order valence-electron chi connectivity index (χ4n) is 1.56. The van der Waals surface area contributed by atoms with Gasteiger partial charge in [-0.05, 0) is 36.4 Å². The van der Waals surface area contributed by atoms with Crippen LogP contribution in [0.1, 0.15) is 5.56 Å². The van der Waals surface area contributed by atoms with Crippen LogP contribution in [0.15, 0.2) is 36.4 Å². The van der Waals surface area contributed by atoms with Gasteiger partial charge in [-0.25, -0.2) is 4.39 Å². The Morgan fingerprint density at radius 1 is 1.16 bits per heavy atom. The Bertz CT molecular complexity index is 647. The lowest BCUT2D eigenvalue weighted by Crippen LogP contribution is -2.11. The van der Waals surface area contributed by atoms with Crippen LogP contribution in [0.5, 0.6) is 0 Å². The average molecular weight is 315 g/mol. The molecule has 0 heterocycles. The molecule has 0 amide bonds. The summed E-state index contributed by atoms with van der Waals surface area (Å²) in [6.45, 7) is 0. The van der Waals surface area contributed by atoms with Gasteiger partial charge in [0.1, 0.15) is 10.8 Å². The third-order valence-electron chi connectivity index (χ3n) is 2.45. The van der Waals surface area contributed by atoms with E-state index in [4.69, 9.17) is 41.2 Å². The summed E-state index contributed by atoms with van der Waals surface area (Å²) in [6, 6.07) is 9.46. The Labute approximate surface area is 125 Å². The van der Waals surface area contributed by atoms with E-state index >= 15 is 0 Å². The van der Waals surface area contributed by atoms with Crippen molar-refractivity contribution in [2.75, 3.05) is 5.32 Å². The molecule has 0 aliphatic rings. The van der Waals surface area contributed by atoms with Gasteiger partial charge in [0.2, 0.25) is 0 Å². The lowest BCUT2D eigenvalue weighted by atomic mass is 10.1. The van der Waals surface area contributed by atoms with E-state index in [2.05, 4.69) is 5.32 Å². The fourth-order valence-corrected chi connectivity index (χ4v) is 2.03. The summed E-state index contributed by atoms with van der Waals surface area (Å²) in [6.07, 6.45) is 0. The molecule has 6 heteroatoms. The first-order chi connectivity index (χ1) is 8.97. The van der Waals surface area contributed by atoms with Crippen molar-refractivity contribution in [2.24, 2.45) is 5.73 Å². The summed E-state index contributed by atoms with van der Waals surface area (Å²) in [5.74, 6) is -0.509. The third-order valence-corrected chi connectivity index (χ3v) is 3.21. The minimum absolute atomic E-state index is 0.0613. The number of hydrogen-bond donors (Lipinski definition) is 2. The minimum atomic E-state index is -0.509. The van der Waals surface area contributed by atoms with Gasteiger partial charge >= 0.3 is 0 Å². The molecule has 0 radical (unpaired) electrons. The SMILES string of the molecule is NC(=S)c1ccc(Cl)cc1Nc1ccc(Cl)c(F)c1. The van der Waals surface area contributed by atoms with E-state index in [9.17, 15) is 4.39 Å². The van der Waals surface area contributed by atoms with E-state index in [0.29, 0.717) is 22.0 Å². The minimum Gasteiger partial charge on any atom is -0.389 e. The first-order valence-electron chi connectivity index (χ1n) is 5.29. The second-order valence-electron chi connectivity index (χ2n) is 3.81. The van der Waals surface area contributed by atoms with Crippen molar-refractivity contribution < 1.29 is 4.39 Å². The molecule has 0 bridgehead atoms. The topological polar surface area (TPSA) is 38.0 Å². The van der Waals surface area contributed by atoms with Crippen molar-refractivity contribution in [3.8, 4) is 0 Å². The van der Waals surface area contributed by atoms with Gasteiger partial charge in [-0.3, -0.25) is 0 Å². The molecule has 0 saturated heterocycles. The van der Waals surface area contributed by atoms with Crippen LogP contribution in [-0.4, -0.2) is 4.99 Å². The monoisotopic (exact) mass is 314 g/mol. The summed E-state index contributed by atoms with van der Waals surface area (Å²) in [5, 5.41) is 3.60. The van der Waals surface area contributed by atoms with Crippen LogP contribution in [0.25, 0.3) is 0 Å². The largest absolute Gasteiger partial charge is 0.389 e. The Morgan fingerprint density at radius 3 is 2.53 bits per heavy atom. The van der Waals surface area contributed by atoms with Gasteiger partial charge in [-0.15, -0.1) is 0 Å². The summed E-state index contributed by atoms with van der Waals surface area (Å²) in [7, 11) is 0. The van der Waals surface area contributed by atoms with E-state index in [1.165, 1.54) is 12.1 Å². The van der Waals surface area contributed by atoms with Gasteiger partial charge < -0.3 is 11.1 Å². The maximum absolute atomic E-state index is 13.4. The van der Waals surface area contributed by atoms with Gasteiger partial charge in [0.25, 0.3) is 0 Å². The molecule has 0 fully saturated rings. The van der Waals surface area contributed by atoms with Crippen LogP contribution in [0, 0.1) is 5.82 Å². The van der Waals surface area contributed by atoms with Crippen LogP contribution in [-0.2, 0) is 0 Å². The van der Waals surface area contributed by atoms with Crippen molar-refractivity contribution in [3.05, 3.63) is 57.8 Å². The number of thiocarbonyl (C=S) groups is 1. The molecule has 98 valence electrons. The first-order valence-corrected chi connectivity index (χ1v) is 6.45. The van der Waals surface area contributed by atoms with E-state index in [0.717, 1.165) is 0 Å². The van der Waals surface area contributed by atoms with Crippen LogP contribution in [0.2, 0.25) is 10.0 Å². The number of nitrogens with two attached hydrogens (primary N) is 1. The van der Waals surface area contributed by atoms with E-state index in [-0.39, 0.29) is 10.0 Å². The number of halogens is 3. The summed E-state index contributed by atoms with van der Waals surface area (Å²) in [5.41, 5.74) is 7.40. The Hall–Kier alpha value is -1.36. The van der Waals surface area contributed by atoms with Gasteiger partial charge in [0.05, 0.1) is 10.7 Å². The van der Waals surface area contributed by atoms with Crippen molar-refractivity contribution in [1.82, 2.24) is 0 Å². The average Bonchev–Trinajstić information content (AvgIpc) is 2.33. The second-order valence-corrected chi connectivity index (χ2v) is 5.09. The Balaban J connectivity index is 2.39. The van der Waals surface area contributed by atoms with Crippen LogP contribution >= 0.6 is 35.4 Å². The lowest BCUT2D eigenvalue weighted by Gasteiger charge is -2.12. The number of nitrogens with one attached hydrogen (secondary N) is 1. The van der Waals surface area contributed by atoms with Gasteiger partial charge in [-0.1, -0.05) is 35.4 Å². The molecule has 0 aliphatic carbocycles. The Kier molecular flexibility index (Phi) is 4.24. The van der Waals surface area contributed by atoms with Crippen LogP contribution in [0.4, 0.5) is 15.8 Å². The quantitative estimate of drug-likeness (QED) is 0.819. The normalized spacial score (nSPS) is 10.3. The standard InChI is InChI=1S/C13H9Cl2FN2S/c14-7-1-3-9(13(17)19)12(5-7)18-8-2-4-10(15)11(16)6-8/h1-6,18H,(H2,17,19). The highest BCUT2D eigenvalue weighted by Gasteiger charge is 2.08. The Morgan fingerprint density at radius 2 is 1.89 bits per heavy atom. The van der Waals surface area contributed by atoms with Gasteiger partial charge in [-0.2, -0.15) is 0 Å². The zero-order valence-electron chi connectivity index (χ0n) is 9.58. The van der Waals surface area contributed by atoms with Crippen molar-refractivity contribution in [3.63, 3.8) is 0 Å². The molecule has 0 aromatic heterocycles. The van der Waals surface area contributed by atoms with E-state index in [1.807, 2.05) is 0 Å². The summed E-state index contributed by atoms with van der Waals surface area (Å²) < 4.78 is 13.4. The highest BCUT2D eigenvalue weighted by Crippen LogP contribution is 2.26. The predicted molar refractivity (Wildman–Crippen MR) is 82.0 cm³/mol. The van der Waals surface area contributed by atoms with Crippen LogP contribution < -0.4 is 11.1 Å². The molecule has 0 atom stereocenters. The number of anilines is 2. The lowest BCUT2D eigenvalue weighted by molar-refractivity contribution is 0.629. The molecule has 19 heavy (non-hydrogen) atoms. The molecular weight excluding hydrogens is 306 g/mol. The van der Waals surface area contributed by atoms with E-state index in [1.54, 1.807) is 24.3 Å². The number of rotatable bonds is 3. The first kappa shape index (κ1) is 14.1. The van der Waals surface area contributed by atoms with E-state index < -0.39 is 5.82 Å².